The van der Waals surface area contributed by atoms with Crippen molar-refractivity contribution in [1.29, 1.82) is 0 Å². The molecule has 0 aliphatic rings. The number of benzene rings is 3. The lowest BCUT2D eigenvalue weighted by Gasteiger charge is -2.38. The Kier molecular flexibility index (Phi) is 5.37. The number of carbonyl (C=O) groups is 1. The predicted octanol–water partition coefficient (Wildman–Crippen LogP) is 4.41. The van der Waals surface area contributed by atoms with Crippen molar-refractivity contribution >= 4 is 17.7 Å². The van der Waals surface area contributed by atoms with Crippen LogP contribution in [-0.4, -0.2) is 11.2 Å². The Hall–Kier alpha value is -2.36. The third kappa shape index (κ3) is 3.53. The molecule has 3 heteroatoms. The second-order valence-electron chi connectivity index (χ2n) is 6.05. The van der Waals surface area contributed by atoms with E-state index in [0.29, 0.717) is 0 Å². The Balaban J connectivity index is 2.29. The van der Waals surface area contributed by atoms with Gasteiger partial charge in [-0.3, -0.25) is 10.1 Å². The first kappa shape index (κ1) is 17.5. The van der Waals surface area contributed by atoms with E-state index in [9.17, 15) is 4.79 Å². The van der Waals surface area contributed by atoms with Crippen LogP contribution in [0.5, 0.6) is 0 Å². The van der Waals surface area contributed by atoms with E-state index in [1.165, 1.54) is 0 Å². The fourth-order valence-corrected chi connectivity index (χ4v) is 3.27. The van der Waals surface area contributed by atoms with Crippen molar-refractivity contribution in [3.05, 3.63) is 108 Å². The van der Waals surface area contributed by atoms with Crippen LogP contribution in [0.1, 0.15) is 23.6 Å². The molecule has 0 radical (unpaired) electrons. The third-order valence-electron chi connectivity index (χ3n) is 4.42. The van der Waals surface area contributed by atoms with Crippen LogP contribution in [0, 0.1) is 0 Å². The molecule has 3 rings (SSSR count). The van der Waals surface area contributed by atoms with Crippen LogP contribution in [0.3, 0.4) is 0 Å². The summed E-state index contributed by atoms with van der Waals surface area (Å²) in [6.45, 7) is 1.85. The van der Waals surface area contributed by atoms with Crippen molar-refractivity contribution < 1.29 is 4.79 Å². The largest absolute Gasteiger partial charge is 0.290 e. The second-order valence-corrected chi connectivity index (χ2v) is 6.49. The molecule has 0 saturated carbocycles. The maximum Gasteiger partial charge on any atom is 0.202 e. The lowest BCUT2D eigenvalue weighted by Crippen LogP contribution is -2.50. The van der Waals surface area contributed by atoms with Gasteiger partial charge < -0.3 is 0 Å². The molecule has 0 aliphatic heterocycles. The SMILES string of the molecule is CC(NC(c1ccccc1)(c1ccccc1)c1ccccc1)C(=O)S. The van der Waals surface area contributed by atoms with Crippen molar-refractivity contribution in [2.75, 3.05) is 0 Å². The molecule has 0 fully saturated rings. The van der Waals surface area contributed by atoms with E-state index in [2.05, 4.69) is 54.3 Å². The van der Waals surface area contributed by atoms with Crippen molar-refractivity contribution in [3.63, 3.8) is 0 Å². The fraction of sp³-hybridized carbons (Fsp3) is 0.136. The first-order valence-electron chi connectivity index (χ1n) is 8.31. The van der Waals surface area contributed by atoms with Crippen LogP contribution in [-0.2, 0) is 10.3 Å². The van der Waals surface area contributed by atoms with Crippen molar-refractivity contribution in [1.82, 2.24) is 5.32 Å². The summed E-state index contributed by atoms with van der Waals surface area (Å²) in [7, 11) is 0. The highest BCUT2D eigenvalue weighted by atomic mass is 32.1. The van der Waals surface area contributed by atoms with Crippen LogP contribution in [0.25, 0.3) is 0 Å². The highest BCUT2D eigenvalue weighted by Crippen LogP contribution is 2.37. The van der Waals surface area contributed by atoms with Crippen molar-refractivity contribution in [2.24, 2.45) is 0 Å². The Morgan fingerprint density at radius 2 is 1.08 bits per heavy atom. The van der Waals surface area contributed by atoms with E-state index in [1.54, 1.807) is 0 Å². The molecular weight excluding hydrogens is 326 g/mol. The van der Waals surface area contributed by atoms with Gasteiger partial charge in [0.25, 0.3) is 0 Å². The lowest BCUT2D eigenvalue weighted by molar-refractivity contribution is -0.112. The van der Waals surface area contributed by atoms with Gasteiger partial charge in [0, 0.05) is 0 Å². The quantitative estimate of drug-likeness (QED) is 0.511. The number of thiol groups is 1. The summed E-state index contributed by atoms with van der Waals surface area (Å²) in [4.78, 5) is 11.9. The minimum absolute atomic E-state index is 0.188. The minimum atomic E-state index is -0.637. The fourth-order valence-electron chi connectivity index (χ4n) is 3.20. The maximum absolute atomic E-state index is 11.9. The zero-order chi connectivity index (χ0) is 17.7. The summed E-state index contributed by atoms with van der Waals surface area (Å²) in [5, 5.41) is 3.37. The Bertz CT molecular complexity index is 722. The van der Waals surface area contributed by atoms with Crippen LogP contribution in [0.4, 0.5) is 0 Å². The summed E-state index contributed by atoms with van der Waals surface area (Å²) in [6.07, 6.45) is 0. The van der Waals surface area contributed by atoms with Gasteiger partial charge in [0.2, 0.25) is 5.12 Å². The van der Waals surface area contributed by atoms with Gasteiger partial charge in [-0.1, -0.05) is 91.0 Å². The molecule has 0 aromatic heterocycles. The molecule has 3 aromatic carbocycles. The van der Waals surface area contributed by atoms with E-state index >= 15 is 0 Å². The molecule has 1 unspecified atom stereocenters. The number of rotatable bonds is 6. The average Bonchev–Trinajstić information content (AvgIpc) is 2.68. The van der Waals surface area contributed by atoms with Gasteiger partial charge in [0.15, 0.2) is 0 Å². The lowest BCUT2D eigenvalue weighted by atomic mass is 9.76. The highest BCUT2D eigenvalue weighted by molar-refractivity contribution is 7.96. The van der Waals surface area contributed by atoms with Gasteiger partial charge in [0.05, 0.1) is 11.6 Å². The monoisotopic (exact) mass is 347 g/mol. The van der Waals surface area contributed by atoms with E-state index in [-0.39, 0.29) is 5.12 Å². The van der Waals surface area contributed by atoms with Crippen LogP contribution in [0.15, 0.2) is 91.0 Å². The first-order valence-corrected chi connectivity index (χ1v) is 8.76. The molecule has 0 aliphatic carbocycles. The van der Waals surface area contributed by atoms with Gasteiger partial charge in [-0.25, -0.2) is 0 Å². The zero-order valence-electron chi connectivity index (χ0n) is 14.1. The van der Waals surface area contributed by atoms with E-state index in [4.69, 9.17) is 0 Å². The number of carbonyl (C=O) groups excluding carboxylic acids is 1. The molecule has 0 heterocycles. The molecule has 0 spiro atoms. The number of hydrogen-bond acceptors (Lipinski definition) is 2. The van der Waals surface area contributed by atoms with Gasteiger partial charge in [-0.05, 0) is 23.6 Å². The summed E-state index contributed by atoms with van der Waals surface area (Å²) < 4.78 is 0. The molecule has 3 aromatic rings. The van der Waals surface area contributed by atoms with Gasteiger partial charge >= 0.3 is 0 Å². The summed E-state index contributed by atoms with van der Waals surface area (Å²) >= 11 is 4.04. The van der Waals surface area contributed by atoms with E-state index in [1.807, 2.05) is 61.5 Å². The van der Waals surface area contributed by atoms with Gasteiger partial charge in [-0.2, -0.15) is 0 Å². The van der Waals surface area contributed by atoms with Crippen molar-refractivity contribution in [2.45, 2.75) is 18.5 Å². The summed E-state index contributed by atoms with van der Waals surface area (Å²) in [5.41, 5.74) is 2.60. The summed E-state index contributed by atoms with van der Waals surface area (Å²) in [6, 6.07) is 30.2. The molecule has 1 atom stereocenters. The Morgan fingerprint density at radius 3 is 1.36 bits per heavy atom. The minimum Gasteiger partial charge on any atom is -0.290 e. The van der Waals surface area contributed by atoms with Crippen LogP contribution >= 0.6 is 12.6 Å². The average molecular weight is 347 g/mol. The van der Waals surface area contributed by atoms with E-state index < -0.39 is 11.6 Å². The first-order chi connectivity index (χ1) is 12.1. The maximum atomic E-state index is 11.9. The number of hydrogen-bond donors (Lipinski definition) is 2. The van der Waals surface area contributed by atoms with E-state index in [0.717, 1.165) is 16.7 Å². The molecule has 25 heavy (non-hydrogen) atoms. The predicted molar refractivity (Wildman–Crippen MR) is 106 cm³/mol. The molecule has 0 saturated heterocycles. The molecule has 2 nitrogen and oxygen atoms in total. The van der Waals surface area contributed by atoms with Crippen LogP contribution in [0.2, 0.25) is 0 Å². The molecular formula is C22H21NOS. The third-order valence-corrected chi connectivity index (χ3v) is 4.81. The molecule has 126 valence electrons. The topological polar surface area (TPSA) is 29.1 Å². The summed E-state index contributed by atoms with van der Waals surface area (Å²) in [5.74, 6) is 0. The number of nitrogens with one attached hydrogen (secondary N) is 1. The molecule has 0 amide bonds. The highest BCUT2D eigenvalue weighted by Gasteiger charge is 2.37. The standard InChI is InChI=1S/C22H21NOS/c1-17(21(24)25)23-22(18-11-5-2-6-12-18,19-13-7-3-8-14-19)20-15-9-4-10-16-20/h2-17,23H,1H3,(H,24,25). The second kappa shape index (κ2) is 7.68. The molecule has 1 N–H and O–H groups in total. The Labute approximate surface area is 154 Å². The van der Waals surface area contributed by atoms with Gasteiger partial charge in [-0.15, -0.1) is 12.6 Å². The molecule has 0 bridgehead atoms. The smallest absolute Gasteiger partial charge is 0.202 e. The van der Waals surface area contributed by atoms with Gasteiger partial charge in [0.1, 0.15) is 0 Å². The van der Waals surface area contributed by atoms with Crippen LogP contribution < -0.4 is 5.32 Å². The normalized spacial score (nSPS) is 12.6. The van der Waals surface area contributed by atoms with Crippen molar-refractivity contribution in [3.8, 4) is 0 Å². The Morgan fingerprint density at radius 1 is 0.760 bits per heavy atom. The zero-order valence-corrected chi connectivity index (χ0v) is 15.0.